The van der Waals surface area contributed by atoms with Crippen molar-refractivity contribution in [1.82, 2.24) is 14.9 Å². The van der Waals surface area contributed by atoms with E-state index >= 15 is 0 Å². The molecule has 0 atom stereocenters. The Kier molecular flexibility index (Phi) is 5.95. The zero-order valence-corrected chi connectivity index (χ0v) is 18.7. The molecule has 2 fully saturated rings. The SMILES string of the molecule is O=C(c1cccc(-c2nccnc2N2CCCC2)c1)N1CCN(c2cccc(Cl)c2)CC1. The van der Waals surface area contributed by atoms with E-state index in [0.717, 1.165) is 54.0 Å². The molecular weight excluding hydrogens is 422 g/mol. The number of halogens is 1. The van der Waals surface area contributed by atoms with Crippen molar-refractivity contribution in [1.29, 1.82) is 0 Å². The molecule has 0 N–H and O–H groups in total. The number of carbonyl (C=O) groups is 1. The summed E-state index contributed by atoms with van der Waals surface area (Å²) in [5.74, 6) is 0.967. The fraction of sp³-hybridized carbons (Fsp3) is 0.320. The molecule has 2 saturated heterocycles. The van der Waals surface area contributed by atoms with Gasteiger partial charge in [0.05, 0.1) is 0 Å². The van der Waals surface area contributed by atoms with Crippen LogP contribution in [0.25, 0.3) is 11.3 Å². The second-order valence-corrected chi connectivity index (χ2v) is 8.70. The molecule has 7 heteroatoms. The Hall–Kier alpha value is -3.12. The van der Waals surface area contributed by atoms with Crippen LogP contribution < -0.4 is 9.80 Å². The summed E-state index contributed by atoms with van der Waals surface area (Å²) in [6, 6.07) is 15.7. The largest absolute Gasteiger partial charge is 0.368 e. The van der Waals surface area contributed by atoms with Gasteiger partial charge in [0.15, 0.2) is 5.82 Å². The number of aromatic nitrogens is 2. The molecule has 2 aliphatic rings. The number of hydrogen-bond acceptors (Lipinski definition) is 5. The fourth-order valence-corrected chi connectivity index (χ4v) is 4.70. The third-order valence-corrected chi connectivity index (χ3v) is 6.44. The van der Waals surface area contributed by atoms with Crippen molar-refractivity contribution in [2.45, 2.75) is 12.8 Å². The van der Waals surface area contributed by atoms with Crippen LogP contribution in [0.15, 0.2) is 60.9 Å². The fourth-order valence-electron chi connectivity index (χ4n) is 4.52. The van der Waals surface area contributed by atoms with Crippen LogP contribution >= 0.6 is 11.6 Å². The van der Waals surface area contributed by atoms with Crippen molar-refractivity contribution in [3.05, 3.63) is 71.5 Å². The molecule has 2 aromatic carbocycles. The van der Waals surface area contributed by atoms with Crippen molar-refractivity contribution in [2.24, 2.45) is 0 Å². The van der Waals surface area contributed by atoms with Gasteiger partial charge in [0, 0.05) is 73.5 Å². The van der Waals surface area contributed by atoms with Crippen molar-refractivity contribution >= 4 is 29.0 Å². The Morgan fingerprint density at radius 2 is 1.56 bits per heavy atom. The Labute approximate surface area is 193 Å². The van der Waals surface area contributed by atoms with Crippen LogP contribution in [-0.2, 0) is 0 Å². The molecule has 3 heterocycles. The van der Waals surface area contributed by atoms with E-state index in [9.17, 15) is 4.79 Å². The maximum Gasteiger partial charge on any atom is 0.253 e. The quantitative estimate of drug-likeness (QED) is 0.594. The molecule has 32 heavy (non-hydrogen) atoms. The number of benzene rings is 2. The summed E-state index contributed by atoms with van der Waals surface area (Å²) in [7, 11) is 0. The Bertz CT molecular complexity index is 1110. The lowest BCUT2D eigenvalue weighted by Gasteiger charge is -2.36. The number of carbonyl (C=O) groups excluding carboxylic acids is 1. The van der Waals surface area contributed by atoms with Gasteiger partial charge in [0.2, 0.25) is 0 Å². The normalized spacial score (nSPS) is 16.5. The topological polar surface area (TPSA) is 52.6 Å². The zero-order chi connectivity index (χ0) is 21.9. The van der Waals surface area contributed by atoms with Crippen LogP contribution in [0.2, 0.25) is 5.02 Å². The Morgan fingerprint density at radius 1 is 0.812 bits per heavy atom. The summed E-state index contributed by atoms with van der Waals surface area (Å²) in [5, 5.41) is 0.732. The predicted octanol–water partition coefficient (Wildman–Crippen LogP) is 4.36. The molecule has 0 radical (unpaired) electrons. The lowest BCUT2D eigenvalue weighted by Crippen LogP contribution is -2.48. The van der Waals surface area contributed by atoms with Gasteiger partial charge in [0.25, 0.3) is 5.91 Å². The standard InChI is InChI=1S/C25H26ClN5O/c26-21-7-4-8-22(18-21)29-13-15-31(16-14-29)25(32)20-6-3-5-19(17-20)23-24(28-10-9-27-23)30-11-1-2-12-30/h3-10,17-18H,1-2,11-16H2. The molecule has 1 amide bonds. The minimum absolute atomic E-state index is 0.0595. The molecular formula is C25H26ClN5O. The van der Waals surface area contributed by atoms with Gasteiger partial charge in [0.1, 0.15) is 5.69 Å². The summed E-state index contributed by atoms with van der Waals surface area (Å²) in [6.45, 7) is 4.94. The first-order valence-electron chi connectivity index (χ1n) is 11.2. The first-order valence-corrected chi connectivity index (χ1v) is 11.5. The number of nitrogens with zero attached hydrogens (tertiary/aromatic N) is 5. The summed E-state index contributed by atoms with van der Waals surface area (Å²) >= 11 is 6.14. The molecule has 3 aromatic rings. The summed E-state index contributed by atoms with van der Waals surface area (Å²) in [4.78, 5) is 29.0. The van der Waals surface area contributed by atoms with Gasteiger partial charge in [-0.3, -0.25) is 9.78 Å². The Balaban J connectivity index is 1.32. The molecule has 1 aromatic heterocycles. The van der Waals surface area contributed by atoms with E-state index < -0.39 is 0 Å². The summed E-state index contributed by atoms with van der Waals surface area (Å²) in [5.41, 5.74) is 3.57. The first kappa shape index (κ1) is 20.8. The molecule has 0 unspecified atom stereocenters. The number of hydrogen-bond donors (Lipinski definition) is 0. The predicted molar refractivity (Wildman–Crippen MR) is 128 cm³/mol. The smallest absolute Gasteiger partial charge is 0.253 e. The first-order chi connectivity index (χ1) is 15.7. The molecule has 0 aliphatic carbocycles. The third kappa shape index (κ3) is 4.28. The van der Waals surface area contributed by atoms with Gasteiger partial charge < -0.3 is 14.7 Å². The van der Waals surface area contributed by atoms with E-state index in [-0.39, 0.29) is 5.91 Å². The van der Waals surface area contributed by atoms with Crippen LogP contribution in [0.4, 0.5) is 11.5 Å². The number of amides is 1. The van der Waals surface area contributed by atoms with Crippen LogP contribution in [0, 0.1) is 0 Å². The highest BCUT2D eigenvalue weighted by molar-refractivity contribution is 6.30. The lowest BCUT2D eigenvalue weighted by molar-refractivity contribution is 0.0747. The third-order valence-electron chi connectivity index (χ3n) is 6.21. The minimum Gasteiger partial charge on any atom is -0.368 e. The average molecular weight is 448 g/mol. The van der Waals surface area contributed by atoms with E-state index in [1.165, 1.54) is 12.8 Å². The lowest BCUT2D eigenvalue weighted by atomic mass is 10.1. The minimum atomic E-state index is 0.0595. The van der Waals surface area contributed by atoms with E-state index in [0.29, 0.717) is 18.7 Å². The van der Waals surface area contributed by atoms with E-state index in [4.69, 9.17) is 11.6 Å². The monoisotopic (exact) mass is 447 g/mol. The van der Waals surface area contributed by atoms with Crippen LogP contribution in [0.5, 0.6) is 0 Å². The van der Waals surface area contributed by atoms with Crippen molar-refractivity contribution in [3.8, 4) is 11.3 Å². The number of piperazine rings is 1. The molecule has 164 valence electrons. The highest BCUT2D eigenvalue weighted by Gasteiger charge is 2.24. The molecule has 6 nitrogen and oxygen atoms in total. The second-order valence-electron chi connectivity index (χ2n) is 8.26. The van der Waals surface area contributed by atoms with Crippen molar-refractivity contribution < 1.29 is 4.79 Å². The van der Waals surface area contributed by atoms with Crippen molar-refractivity contribution in [2.75, 3.05) is 49.1 Å². The average Bonchev–Trinajstić information content (AvgIpc) is 3.39. The van der Waals surface area contributed by atoms with Gasteiger partial charge in [-0.1, -0.05) is 29.8 Å². The van der Waals surface area contributed by atoms with Crippen LogP contribution in [0.1, 0.15) is 23.2 Å². The Morgan fingerprint density at radius 3 is 2.34 bits per heavy atom. The molecule has 5 rings (SSSR count). The van der Waals surface area contributed by atoms with Crippen LogP contribution in [0.3, 0.4) is 0 Å². The summed E-state index contributed by atoms with van der Waals surface area (Å²) in [6.07, 6.45) is 5.81. The molecule has 0 saturated carbocycles. The van der Waals surface area contributed by atoms with Crippen LogP contribution in [-0.4, -0.2) is 60.0 Å². The molecule has 2 aliphatic heterocycles. The molecule has 0 bridgehead atoms. The highest BCUT2D eigenvalue weighted by atomic mass is 35.5. The van der Waals surface area contributed by atoms with Gasteiger partial charge in [-0.05, 0) is 43.2 Å². The maximum atomic E-state index is 13.3. The van der Waals surface area contributed by atoms with Gasteiger partial charge in [-0.15, -0.1) is 0 Å². The van der Waals surface area contributed by atoms with Gasteiger partial charge in [-0.25, -0.2) is 4.98 Å². The van der Waals surface area contributed by atoms with E-state index in [1.54, 1.807) is 12.4 Å². The summed E-state index contributed by atoms with van der Waals surface area (Å²) < 4.78 is 0. The van der Waals surface area contributed by atoms with E-state index in [2.05, 4.69) is 25.8 Å². The van der Waals surface area contributed by atoms with E-state index in [1.807, 2.05) is 47.4 Å². The van der Waals surface area contributed by atoms with Gasteiger partial charge >= 0.3 is 0 Å². The number of rotatable bonds is 4. The van der Waals surface area contributed by atoms with Crippen molar-refractivity contribution in [3.63, 3.8) is 0 Å². The molecule has 0 spiro atoms. The highest BCUT2D eigenvalue weighted by Crippen LogP contribution is 2.30. The van der Waals surface area contributed by atoms with Gasteiger partial charge in [-0.2, -0.15) is 0 Å². The maximum absolute atomic E-state index is 13.3. The zero-order valence-electron chi connectivity index (χ0n) is 18.0. The number of anilines is 2. The second kappa shape index (κ2) is 9.17.